The number of likely N-dealkylation sites (N-methyl/N-ethyl adjacent to an activating group) is 1. The van der Waals surface area contributed by atoms with Gasteiger partial charge in [-0.05, 0) is 31.5 Å². The van der Waals surface area contributed by atoms with Crippen LogP contribution in [0.15, 0.2) is 18.2 Å². The fourth-order valence-corrected chi connectivity index (χ4v) is 1.66. The lowest BCUT2D eigenvalue weighted by Gasteiger charge is -2.22. The van der Waals surface area contributed by atoms with Crippen molar-refractivity contribution in [2.45, 2.75) is 26.8 Å². The quantitative estimate of drug-likeness (QED) is 0.873. The number of carboxylic acids is 1. The van der Waals surface area contributed by atoms with E-state index in [0.29, 0.717) is 16.8 Å². The number of nitrogens with zero attached hydrogens (tertiary/aromatic N) is 1. The van der Waals surface area contributed by atoms with Crippen molar-refractivity contribution in [1.82, 2.24) is 4.90 Å². The van der Waals surface area contributed by atoms with Crippen LogP contribution in [0.3, 0.4) is 0 Å². The molecule has 6 nitrogen and oxygen atoms in total. The second-order valence-electron chi connectivity index (χ2n) is 4.64. The van der Waals surface area contributed by atoms with Crippen molar-refractivity contribution in [1.29, 1.82) is 0 Å². The number of hydrogen-bond acceptors (Lipinski definition) is 3. The number of anilines is 1. The number of carboxylic acid groups (broad SMARTS) is 1. The number of amides is 2. The molecule has 2 N–H and O–H groups in total. The van der Waals surface area contributed by atoms with Gasteiger partial charge in [-0.3, -0.25) is 9.59 Å². The van der Waals surface area contributed by atoms with Crippen LogP contribution >= 0.6 is 0 Å². The minimum atomic E-state index is -1.07. The van der Waals surface area contributed by atoms with Crippen molar-refractivity contribution in [3.05, 3.63) is 29.3 Å². The average molecular weight is 278 g/mol. The highest BCUT2D eigenvalue weighted by atomic mass is 16.4. The van der Waals surface area contributed by atoms with Crippen molar-refractivity contribution in [3.8, 4) is 0 Å². The van der Waals surface area contributed by atoms with E-state index in [0.717, 1.165) is 4.90 Å². The third-order valence-electron chi connectivity index (χ3n) is 3.05. The van der Waals surface area contributed by atoms with Gasteiger partial charge in [0.05, 0.1) is 0 Å². The highest BCUT2D eigenvalue weighted by molar-refractivity contribution is 5.99. The zero-order valence-corrected chi connectivity index (χ0v) is 11.9. The monoisotopic (exact) mass is 278 g/mol. The molecule has 0 radical (unpaired) electrons. The second kappa shape index (κ2) is 6.18. The average Bonchev–Trinajstić information content (AvgIpc) is 2.37. The second-order valence-corrected chi connectivity index (χ2v) is 4.64. The molecule has 1 atom stereocenters. The van der Waals surface area contributed by atoms with E-state index in [2.05, 4.69) is 5.32 Å². The van der Waals surface area contributed by atoms with E-state index < -0.39 is 17.9 Å². The number of aliphatic carboxylic acids is 1. The SMILES string of the molecule is CC(=O)Nc1ccc(C)c(C(=O)N(C)C(C)C(=O)O)c1. The largest absolute Gasteiger partial charge is 0.480 e. The van der Waals surface area contributed by atoms with E-state index in [1.165, 1.54) is 20.9 Å². The molecule has 1 rings (SSSR count). The lowest BCUT2D eigenvalue weighted by Crippen LogP contribution is -2.40. The summed E-state index contributed by atoms with van der Waals surface area (Å²) in [6, 6.07) is 4.02. The summed E-state index contributed by atoms with van der Waals surface area (Å²) in [5.74, 6) is -1.71. The van der Waals surface area contributed by atoms with Gasteiger partial charge in [-0.2, -0.15) is 0 Å². The van der Waals surface area contributed by atoms with Crippen molar-refractivity contribution in [2.75, 3.05) is 12.4 Å². The van der Waals surface area contributed by atoms with Crippen LogP contribution in [-0.4, -0.2) is 40.9 Å². The van der Waals surface area contributed by atoms with Crippen molar-refractivity contribution >= 4 is 23.5 Å². The third kappa shape index (κ3) is 3.57. The Kier molecular flexibility index (Phi) is 4.85. The summed E-state index contributed by atoms with van der Waals surface area (Å²) < 4.78 is 0. The normalized spacial score (nSPS) is 11.6. The van der Waals surface area contributed by atoms with Gasteiger partial charge in [0.15, 0.2) is 0 Å². The number of aryl methyl sites for hydroxylation is 1. The van der Waals surface area contributed by atoms with Crippen molar-refractivity contribution in [2.24, 2.45) is 0 Å². The molecule has 0 bridgehead atoms. The molecular weight excluding hydrogens is 260 g/mol. The van der Waals surface area contributed by atoms with Gasteiger partial charge < -0.3 is 15.3 Å². The number of benzene rings is 1. The Labute approximate surface area is 117 Å². The molecule has 0 heterocycles. The van der Waals surface area contributed by atoms with Crippen LogP contribution in [0.4, 0.5) is 5.69 Å². The summed E-state index contributed by atoms with van der Waals surface area (Å²) in [7, 11) is 1.44. The van der Waals surface area contributed by atoms with E-state index in [-0.39, 0.29) is 5.91 Å². The number of carbonyl (C=O) groups excluding carboxylic acids is 2. The molecule has 0 spiro atoms. The predicted octanol–water partition coefficient (Wildman–Crippen LogP) is 1.50. The van der Waals surface area contributed by atoms with Crippen LogP contribution in [0.5, 0.6) is 0 Å². The fraction of sp³-hybridized carbons (Fsp3) is 0.357. The highest BCUT2D eigenvalue weighted by Gasteiger charge is 2.24. The first-order valence-electron chi connectivity index (χ1n) is 6.12. The smallest absolute Gasteiger partial charge is 0.326 e. The highest BCUT2D eigenvalue weighted by Crippen LogP contribution is 2.18. The number of rotatable bonds is 4. The summed E-state index contributed by atoms with van der Waals surface area (Å²) in [5, 5.41) is 11.5. The summed E-state index contributed by atoms with van der Waals surface area (Å²) in [6.07, 6.45) is 0. The Morgan fingerprint density at radius 2 is 1.90 bits per heavy atom. The molecule has 0 aliphatic rings. The third-order valence-corrected chi connectivity index (χ3v) is 3.05. The lowest BCUT2D eigenvalue weighted by molar-refractivity contribution is -0.141. The molecule has 108 valence electrons. The van der Waals surface area contributed by atoms with Crippen LogP contribution < -0.4 is 5.32 Å². The van der Waals surface area contributed by atoms with Gasteiger partial charge in [-0.1, -0.05) is 6.07 Å². The predicted molar refractivity (Wildman–Crippen MR) is 74.7 cm³/mol. The van der Waals surface area contributed by atoms with Crippen LogP contribution in [0, 0.1) is 6.92 Å². The van der Waals surface area contributed by atoms with Crippen molar-refractivity contribution < 1.29 is 19.5 Å². The van der Waals surface area contributed by atoms with Gasteiger partial charge in [0.1, 0.15) is 6.04 Å². The zero-order valence-electron chi connectivity index (χ0n) is 11.9. The first kappa shape index (κ1) is 15.7. The molecule has 20 heavy (non-hydrogen) atoms. The molecular formula is C14H18N2O4. The zero-order chi connectivity index (χ0) is 15.4. The van der Waals surface area contributed by atoms with E-state index in [4.69, 9.17) is 5.11 Å². The molecule has 1 aromatic carbocycles. The van der Waals surface area contributed by atoms with Crippen LogP contribution in [0.1, 0.15) is 29.8 Å². The first-order chi connectivity index (χ1) is 9.23. The van der Waals surface area contributed by atoms with Gasteiger partial charge in [0.25, 0.3) is 5.91 Å². The van der Waals surface area contributed by atoms with Gasteiger partial charge >= 0.3 is 5.97 Å². The summed E-state index contributed by atoms with van der Waals surface area (Å²) in [6.45, 7) is 4.57. The molecule has 6 heteroatoms. The Morgan fingerprint density at radius 3 is 2.40 bits per heavy atom. The van der Waals surface area contributed by atoms with E-state index in [1.807, 2.05) is 0 Å². The first-order valence-corrected chi connectivity index (χ1v) is 6.12. The summed E-state index contributed by atoms with van der Waals surface area (Å²) in [4.78, 5) is 35.4. The molecule has 0 aliphatic heterocycles. The Morgan fingerprint density at radius 1 is 1.30 bits per heavy atom. The fourth-order valence-electron chi connectivity index (χ4n) is 1.66. The maximum atomic E-state index is 12.3. The molecule has 1 unspecified atom stereocenters. The topological polar surface area (TPSA) is 86.7 Å². The molecule has 0 saturated heterocycles. The molecule has 0 saturated carbocycles. The van der Waals surface area contributed by atoms with Crippen LogP contribution in [-0.2, 0) is 9.59 Å². The van der Waals surface area contributed by atoms with E-state index in [9.17, 15) is 14.4 Å². The molecule has 0 aromatic heterocycles. The minimum Gasteiger partial charge on any atom is -0.480 e. The standard InChI is InChI=1S/C14H18N2O4/c1-8-5-6-11(15-10(3)17)7-12(8)13(18)16(4)9(2)14(19)20/h5-7,9H,1-4H3,(H,15,17)(H,19,20). The molecule has 0 aliphatic carbocycles. The Bertz CT molecular complexity index is 554. The number of hydrogen-bond donors (Lipinski definition) is 2. The maximum absolute atomic E-state index is 12.3. The molecule has 0 fully saturated rings. The Balaban J connectivity index is 3.08. The molecule has 2 amide bonds. The summed E-state index contributed by atoms with van der Waals surface area (Å²) >= 11 is 0. The van der Waals surface area contributed by atoms with E-state index in [1.54, 1.807) is 25.1 Å². The molecule has 1 aromatic rings. The maximum Gasteiger partial charge on any atom is 0.326 e. The van der Waals surface area contributed by atoms with Crippen LogP contribution in [0.25, 0.3) is 0 Å². The van der Waals surface area contributed by atoms with E-state index >= 15 is 0 Å². The van der Waals surface area contributed by atoms with Crippen molar-refractivity contribution in [3.63, 3.8) is 0 Å². The Hall–Kier alpha value is -2.37. The van der Waals surface area contributed by atoms with Gasteiger partial charge in [0.2, 0.25) is 5.91 Å². The number of carbonyl (C=O) groups is 3. The van der Waals surface area contributed by atoms with Gasteiger partial charge in [-0.15, -0.1) is 0 Å². The van der Waals surface area contributed by atoms with Gasteiger partial charge in [0, 0.05) is 25.2 Å². The lowest BCUT2D eigenvalue weighted by atomic mass is 10.1. The minimum absolute atomic E-state index is 0.237. The van der Waals surface area contributed by atoms with Crippen LogP contribution in [0.2, 0.25) is 0 Å². The number of nitrogens with one attached hydrogen (secondary N) is 1. The summed E-state index contributed by atoms with van der Waals surface area (Å²) in [5.41, 5.74) is 1.59. The van der Waals surface area contributed by atoms with Gasteiger partial charge in [-0.25, -0.2) is 4.79 Å².